The summed E-state index contributed by atoms with van der Waals surface area (Å²) in [6.45, 7) is 3.31. The first-order chi connectivity index (χ1) is 10.3. The van der Waals surface area contributed by atoms with Crippen LogP contribution in [0.5, 0.6) is 0 Å². The van der Waals surface area contributed by atoms with Crippen LogP contribution >= 0.6 is 11.3 Å². The molecule has 1 aliphatic carbocycles. The lowest BCUT2D eigenvalue weighted by molar-refractivity contribution is 0.135. The molecule has 1 unspecified atom stereocenters. The van der Waals surface area contributed by atoms with Crippen LogP contribution < -0.4 is 10.6 Å². The smallest absolute Gasteiger partial charge is 0.138 e. The lowest BCUT2D eigenvalue weighted by Gasteiger charge is -2.48. The molecule has 1 aliphatic heterocycles. The highest BCUT2D eigenvalue weighted by Gasteiger charge is 2.40. The summed E-state index contributed by atoms with van der Waals surface area (Å²) >= 11 is 1.79. The van der Waals surface area contributed by atoms with E-state index in [9.17, 15) is 0 Å². The quantitative estimate of drug-likeness (QED) is 0.913. The largest absolute Gasteiger partial charge is 0.367 e. The van der Waals surface area contributed by atoms with E-state index in [1.807, 2.05) is 0 Å². The summed E-state index contributed by atoms with van der Waals surface area (Å²) < 4.78 is 0. The number of hydrogen-bond acceptors (Lipinski definition) is 5. The van der Waals surface area contributed by atoms with Gasteiger partial charge in [-0.05, 0) is 51.1 Å². The topological polar surface area (TPSA) is 49.8 Å². The van der Waals surface area contributed by atoms with E-state index in [1.165, 1.54) is 42.4 Å². The molecular weight excluding hydrogens is 280 g/mol. The lowest BCUT2D eigenvalue weighted by Crippen LogP contribution is -2.58. The van der Waals surface area contributed by atoms with Gasteiger partial charge in [0.15, 0.2) is 0 Å². The standard InChI is InChI=1S/C16H22N4S/c1-2-12-8-13-14(17-10-18-15(13)21-12)20-11-4-7-19-16(9-11)5-3-6-16/h8,10-11,19H,2-7,9H2,1H3,(H,17,18,20). The van der Waals surface area contributed by atoms with E-state index in [1.54, 1.807) is 17.7 Å². The first-order valence-corrected chi connectivity index (χ1v) is 8.85. The van der Waals surface area contributed by atoms with Gasteiger partial charge in [-0.3, -0.25) is 0 Å². The minimum Gasteiger partial charge on any atom is -0.367 e. The van der Waals surface area contributed by atoms with Gasteiger partial charge >= 0.3 is 0 Å². The number of rotatable bonds is 3. The maximum absolute atomic E-state index is 4.50. The monoisotopic (exact) mass is 302 g/mol. The van der Waals surface area contributed by atoms with Crippen LogP contribution in [0.15, 0.2) is 12.4 Å². The molecule has 112 valence electrons. The molecule has 2 aromatic heterocycles. The Morgan fingerprint density at radius 2 is 2.33 bits per heavy atom. The molecule has 2 aromatic rings. The fourth-order valence-corrected chi connectivity index (χ4v) is 4.59. The Hall–Kier alpha value is -1.20. The molecule has 1 saturated carbocycles. The molecule has 4 rings (SSSR count). The van der Waals surface area contributed by atoms with Crippen LogP contribution in [-0.4, -0.2) is 28.1 Å². The maximum atomic E-state index is 4.50. The molecule has 1 spiro atoms. The van der Waals surface area contributed by atoms with Gasteiger partial charge in [-0.15, -0.1) is 11.3 Å². The summed E-state index contributed by atoms with van der Waals surface area (Å²) in [5.41, 5.74) is 0.422. The first-order valence-electron chi connectivity index (χ1n) is 8.03. The van der Waals surface area contributed by atoms with Crippen LogP contribution in [0.25, 0.3) is 10.2 Å². The molecule has 0 bridgehead atoms. The van der Waals surface area contributed by atoms with E-state index in [0.717, 1.165) is 23.6 Å². The fraction of sp³-hybridized carbons (Fsp3) is 0.625. The molecule has 1 atom stereocenters. The van der Waals surface area contributed by atoms with Gasteiger partial charge in [-0.2, -0.15) is 0 Å². The van der Waals surface area contributed by atoms with Crippen molar-refractivity contribution in [1.82, 2.24) is 15.3 Å². The number of nitrogens with zero attached hydrogens (tertiary/aromatic N) is 2. The van der Waals surface area contributed by atoms with Gasteiger partial charge in [-0.1, -0.05) is 6.92 Å². The Morgan fingerprint density at radius 1 is 1.43 bits per heavy atom. The highest BCUT2D eigenvalue weighted by Crippen LogP contribution is 2.39. The maximum Gasteiger partial charge on any atom is 0.138 e. The number of thiophene rings is 1. The third-order valence-corrected chi connectivity index (χ3v) is 6.20. The van der Waals surface area contributed by atoms with Crippen molar-refractivity contribution in [2.45, 2.75) is 57.0 Å². The summed E-state index contributed by atoms with van der Waals surface area (Å²) in [7, 11) is 0. The van der Waals surface area contributed by atoms with Crippen molar-refractivity contribution in [3.8, 4) is 0 Å². The van der Waals surface area contributed by atoms with Crippen LogP contribution in [0.1, 0.15) is 43.9 Å². The third kappa shape index (κ3) is 2.42. The van der Waals surface area contributed by atoms with Gasteiger partial charge < -0.3 is 10.6 Å². The van der Waals surface area contributed by atoms with E-state index in [2.05, 4.69) is 33.6 Å². The molecule has 2 fully saturated rings. The van der Waals surface area contributed by atoms with Gasteiger partial charge in [0, 0.05) is 16.5 Å². The summed E-state index contributed by atoms with van der Waals surface area (Å²) in [5, 5.41) is 8.62. The highest BCUT2D eigenvalue weighted by molar-refractivity contribution is 7.18. The molecule has 0 amide bonds. The normalized spacial score (nSPS) is 24.1. The second-order valence-electron chi connectivity index (χ2n) is 6.40. The predicted octanol–water partition coefficient (Wildman–Crippen LogP) is 3.34. The minimum absolute atomic E-state index is 0.422. The van der Waals surface area contributed by atoms with Crippen molar-refractivity contribution in [2.24, 2.45) is 0 Å². The first kappa shape index (κ1) is 13.5. The van der Waals surface area contributed by atoms with E-state index < -0.39 is 0 Å². The Bertz CT molecular complexity index is 647. The van der Waals surface area contributed by atoms with Crippen molar-refractivity contribution in [3.05, 3.63) is 17.3 Å². The number of aromatic nitrogens is 2. The molecule has 1 saturated heterocycles. The molecular formula is C16H22N4S. The number of nitrogens with one attached hydrogen (secondary N) is 2. The van der Waals surface area contributed by atoms with Crippen LogP contribution in [0, 0.1) is 0 Å². The summed E-state index contributed by atoms with van der Waals surface area (Å²) in [6.07, 6.45) is 9.21. The van der Waals surface area contributed by atoms with E-state index in [0.29, 0.717) is 11.6 Å². The van der Waals surface area contributed by atoms with Gasteiger partial charge in [0.1, 0.15) is 17.0 Å². The zero-order valence-electron chi connectivity index (χ0n) is 12.5. The zero-order valence-corrected chi connectivity index (χ0v) is 13.3. The van der Waals surface area contributed by atoms with Gasteiger partial charge in [-0.25, -0.2) is 9.97 Å². The number of piperidine rings is 1. The van der Waals surface area contributed by atoms with E-state index in [-0.39, 0.29) is 0 Å². The van der Waals surface area contributed by atoms with Crippen molar-refractivity contribution in [1.29, 1.82) is 0 Å². The second-order valence-corrected chi connectivity index (χ2v) is 7.52. The van der Waals surface area contributed by atoms with Gasteiger partial charge in [0.25, 0.3) is 0 Å². The summed E-state index contributed by atoms with van der Waals surface area (Å²) in [5.74, 6) is 1.03. The molecule has 4 nitrogen and oxygen atoms in total. The zero-order chi connectivity index (χ0) is 14.3. The van der Waals surface area contributed by atoms with Crippen molar-refractivity contribution < 1.29 is 0 Å². The van der Waals surface area contributed by atoms with Crippen LogP contribution in [-0.2, 0) is 6.42 Å². The molecule has 21 heavy (non-hydrogen) atoms. The SMILES string of the molecule is CCc1cc2c(NC3CCNC4(CCC4)C3)ncnc2s1. The highest BCUT2D eigenvalue weighted by atomic mass is 32.1. The molecule has 0 aromatic carbocycles. The minimum atomic E-state index is 0.422. The Morgan fingerprint density at radius 3 is 3.10 bits per heavy atom. The average molecular weight is 302 g/mol. The average Bonchev–Trinajstić information content (AvgIpc) is 2.90. The Balaban J connectivity index is 1.57. The lowest BCUT2D eigenvalue weighted by atomic mass is 9.70. The third-order valence-electron chi connectivity index (χ3n) is 5.01. The summed E-state index contributed by atoms with van der Waals surface area (Å²) in [6, 6.07) is 2.79. The van der Waals surface area contributed by atoms with Crippen molar-refractivity contribution in [2.75, 3.05) is 11.9 Å². The number of hydrogen-bond donors (Lipinski definition) is 2. The fourth-order valence-electron chi connectivity index (χ4n) is 3.65. The van der Waals surface area contributed by atoms with Gasteiger partial charge in [0.2, 0.25) is 0 Å². The van der Waals surface area contributed by atoms with Crippen molar-refractivity contribution >= 4 is 27.4 Å². The number of fused-ring (bicyclic) bond motifs is 1. The van der Waals surface area contributed by atoms with Crippen LogP contribution in [0.2, 0.25) is 0 Å². The molecule has 3 heterocycles. The number of anilines is 1. The van der Waals surface area contributed by atoms with Crippen LogP contribution in [0.3, 0.4) is 0 Å². The summed E-state index contributed by atoms with van der Waals surface area (Å²) in [4.78, 5) is 11.4. The van der Waals surface area contributed by atoms with E-state index in [4.69, 9.17) is 0 Å². The van der Waals surface area contributed by atoms with E-state index >= 15 is 0 Å². The molecule has 5 heteroatoms. The second kappa shape index (κ2) is 5.21. The Kier molecular flexibility index (Phi) is 3.34. The molecule has 0 radical (unpaired) electrons. The Labute approximate surface area is 129 Å². The predicted molar refractivity (Wildman–Crippen MR) is 88.0 cm³/mol. The number of aryl methyl sites for hydroxylation is 1. The van der Waals surface area contributed by atoms with Crippen LogP contribution in [0.4, 0.5) is 5.82 Å². The molecule has 2 aliphatic rings. The molecule has 2 N–H and O–H groups in total. The van der Waals surface area contributed by atoms with Gasteiger partial charge in [0.05, 0.1) is 5.39 Å². The van der Waals surface area contributed by atoms with Crippen molar-refractivity contribution in [3.63, 3.8) is 0 Å².